The van der Waals surface area contributed by atoms with E-state index in [2.05, 4.69) is 15.5 Å². The Bertz CT molecular complexity index is 685. The van der Waals surface area contributed by atoms with Crippen molar-refractivity contribution in [3.8, 4) is 0 Å². The topological polar surface area (TPSA) is 78.1 Å². The van der Waals surface area contributed by atoms with Gasteiger partial charge in [0.25, 0.3) is 5.91 Å². The fraction of sp³-hybridized carbons (Fsp3) is 0.438. The van der Waals surface area contributed by atoms with Crippen molar-refractivity contribution in [2.75, 3.05) is 13.1 Å². The van der Waals surface area contributed by atoms with E-state index >= 15 is 0 Å². The Kier molecular flexibility index (Phi) is 4.49. The third-order valence-electron chi connectivity index (χ3n) is 3.19. The average Bonchev–Trinajstić information content (AvgIpc) is 2.86. The number of nitrogens with one attached hydrogen (secondary N) is 2. The van der Waals surface area contributed by atoms with Gasteiger partial charge in [0.2, 0.25) is 5.91 Å². The lowest BCUT2D eigenvalue weighted by Gasteiger charge is -2.24. The summed E-state index contributed by atoms with van der Waals surface area (Å²) in [6.07, 6.45) is 0. The third kappa shape index (κ3) is 3.63. The molecule has 2 N–H and O–H groups in total. The number of carbonyl (C=O) groups excluding carboxylic acids is 2. The maximum atomic E-state index is 12.6. The molecule has 0 aliphatic heterocycles. The minimum atomic E-state index is -0.321. The molecular weight excluding hydrogens is 280 g/mol. The zero-order valence-electron chi connectivity index (χ0n) is 13.4. The zero-order valence-corrected chi connectivity index (χ0v) is 13.4. The molecule has 0 bridgehead atoms. The molecule has 1 aromatic carbocycles. The molecule has 0 saturated carbocycles. The van der Waals surface area contributed by atoms with Gasteiger partial charge in [-0.15, -0.1) is 0 Å². The van der Waals surface area contributed by atoms with Gasteiger partial charge in [-0.25, -0.2) is 0 Å². The van der Waals surface area contributed by atoms with Gasteiger partial charge >= 0.3 is 0 Å². The molecule has 2 amide bonds. The molecule has 6 nitrogen and oxygen atoms in total. The number of H-pyrrole nitrogens is 1. The van der Waals surface area contributed by atoms with Crippen molar-refractivity contribution >= 4 is 22.7 Å². The second kappa shape index (κ2) is 6.17. The number of amides is 2. The number of para-hydroxylation sites is 1. The average molecular weight is 302 g/mol. The minimum Gasteiger partial charge on any atom is -0.350 e. The summed E-state index contributed by atoms with van der Waals surface area (Å²) in [7, 11) is 0. The van der Waals surface area contributed by atoms with E-state index in [4.69, 9.17) is 0 Å². The van der Waals surface area contributed by atoms with Crippen molar-refractivity contribution in [3.05, 3.63) is 30.0 Å². The first kappa shape index (κ1) is 16.0. The summed E-state index contributed by atoms with van der Waals surface area (Å²) in [5, 5.41) is 10.6. The number of fused-ring (bicyclic) bond motifs is 1. The number of likely N-dealkylation sites (N-methyl/N-ethyl adjacent to an activating group) is 1. The van der Waals surface area contributed by atoms with Gasteiger partial charge in [0.1, 0.15) is 0 Å². The van der Waals surface area contributed by atoms with Crippen LogP contribution >= 0.6 is 0 Å². The summed E-state index contributed by atoms with van der Waals surface area (Å²) in [6, 6.07) is 7.44. The van der Waals surface area contributed by atoms with E-state index in [1.54, 1.807) is 0 Å². The van der Waals surface area contributed by atoms with Crippen LogP contribution in [0.1, 0.15) is 38.2 Å². The zero-order chi connectivity index (χ0) is 16.3. The SMILES string of the molecule is CCN(CC(=O)NC(C)(C)C)C(=O)c1n[nH]c2ccccc12. The molecule has 0 aliphatic rings. The van der Waals surface area contributed by atoms with E-state index < -0.39 is 0 Å². The molecule has 0 atom stereocenters. The van der Waals surface area contributed by atoms with Crippen LogP contribution in [0.3, 0.4) is 0 Å². The highest BCUT2D eigenvalue weighted by Gasteiger charge is 2.23. The highest BCUT2D eigenvalue weighted by molar-refractivity contribution is 6.05. The molecule has 1 heterocycles. The van der Waals surface area contributed by atoms with Crippen LogP contribution < -0.4 is 5.32 Å². The Hall–Kier alpha value is -2.37. The monoisotopic (exact) mass is 302 g/mol. The second-order valence-electron chi connectivity index (χ2n) is 6.24. The van der Waals surface area contributed by atoms with E-state index in [0.717, 1.165) is 10.9 Å². The van der Waals surface area contributed by atoms with Crippen molar-refractivity contribution in [1.82, 2.24) is 20.4 Å². The molecule has 1 aromatic heterocycles. The Morgan fingerprint density at radius 3 is 2.59 bits per heavy atom. The first-order chi connectivity index (χ1) is 10.3. The Morgan fingerprint density at radius 1 is 1.27 bits per heavy atom. The summed E-state index contributed by atoms with van der Waals surface area (Å²) in [5.41, 5.74) is 0.834. The predicted octanol–water partition coefficient (Wildman–Crippen LogP) is 1.94. The van der Waals surface area contributed by atoms with Crippen molar-refractivity contribution < 1.29 is 9.59 Å². The Morgan fingerprint density at radius 2 is 1.95 bits per heavy atom. The van der Waals surface area contributed by atoms with Crippen molar-refractivity contribution in [1.29, 1.82) is 0 Å². The smallest absolute Gasteiger partial charge is 0.275 e. The second-order valence-corrected chi connectivity index (χ2v) is 6.24. The summed E-state index contributed by atoms with van der Waals surface area (Å²) in [6.45, 7) is 8.03. The van der Waals surface area contributed by atoms with E-state index in [0.29, 0.717) is 12.2 Å². The van der Waals surface area contributed by atoms with E-state index in [9.17, 15) is 9.59 Å². The number of hydrogen-bond donors (Lipinski definition) is 2. The molecular formula is C16H22N4O2. The molecule has 0 radical (unpaired) electrons. The predicted molar refractivity (Wildman–Crippen MR) is 85.6 cm³/mol. The fourth-order valence-electron chi connectivity index (χ4n) is 2.23. The van der Waals surface area contributed by atoms with E-state index in [1.165, 1.54) is 4.90 Å². The maximum Gasteiger partial charge on any atom is 0.275 e. The molecule has 118 valence electrons. The summed E-state index contributed by atoms with van der Waals surface area (Å²) < 4.78 is 0. The van der Waals surface area contributed by atoms with Crippen LogP contribution in [0.15, 0.2) is 24.3 Å². The summed E-state index contributed by atoms with van der Waals surface area (Å²) in [4.78, 5) is 26.1. The number of benzene rings is 1. The van der Waals surface area contributed by atoms with Crippen LogP contribution in [0.5, 0.6) is 0 Å². The first-order valence-corrected chi connectivity index (χ1v) is 7.35. The summed E-state index contributed by atoms with van der Waals surface area (Å²) in [5.74, 6) is -0.424. The molecule has 0 saturated heterocycles. The van der Waals surface area contributed by atoms with Crippen molar-refractivity contribution in [3.63, 3.8) is 0 Å². The lowest BCUT2D eigenvalue weighted by molar-refractivity contribution is -0.123. The lowest BCUT2D eigenvalue weighted by Crippen LogP contribution is -2.47. The number of carbonyl (C=O) groups is 2. The molecule has 22 heavy (non-hydrogen) atoms. The van der Waals surface area contributed by atoms with Gasteiger partial charge in [0.05, 0.1) is 12.1 Å². The maximum absolute atomic E-state index is 12.6. The quantitative estimate of drug-likeness (QED) is 0.906. The van der Waals surface area contributed by atoms with Crippen molar-refractivity contribution in [2.24, 2.45) is 0 Å². The molecule has 0 spiro atoms. The van der Waals surface area contributed by atoms with Gasteiger partial charge in [0.15, 0.2) is 5.69 Å². The van der Waals surface area contributed by atoms with E-state index in [1.807, 2.05) is 52.0 Å². The van der Waals surface area contributed by atoms with Crippen molar-refractivity contribution in [2.45, 2.75) is 33.2 Å². The van der Waals surface area contributed by atoms with Gasteiger partial charge in [-0.3, -0.25) is 14.7 Å². The van der Waals surface area contributed by atoms with E-state index in [-0.39, 0.29) is 23.9 Å². The van der Waals surface area contributed by atoms with Crippen LogP contribution in [-0.2, 0) is 4.79 Å². The van der Waals surface area contributed by atoms with Crippen LogP contribution in [0.25, 0.3) is 10.9 Å². The fourth-order valence-corrected chi connectivity index (χ4v) is 2.23. The molecule has 0 fully saturated rings. The third-order valence-corrected chi connectivity index (χ3v) is 3.19. The molecule has 0 unspecified atom stereocenters. The molecule has 6 heteroatoms. The van der Waals surface area contributed by atoms with Crippen LogP contribution in [0.4, 0.5) is 0 Å². The van der Waals surface area contributed by atoms with Crippen LogP contribution in [0, 0.1) is 0 Å². The first-order valence-electron chi connectivity index (χ1n) is 7.35. The van der Waals surface area contributed by atoms with Crippen LogP contribution in [-0.4, -0.2) is 45.5 Å². The normalized spacial score (nSPS) is 11.5. The van der Waals surface area contributed by atoms with Gasteiger partial charge < -0.3 is 10.2 Å². The number of hydrogen-bond acceptors (Lipinski definition) is 3. The number of rotatable bonds is 4. The molecule has 0 aliphatic carbocycles. The van der Waals surface area contributed by atoms with Gasteiger partial charge in [-0.05, 0) is 33.8 Å². The Labute approximate surface area is 129 Å². The minimum absolute atomic E-state index is 0.0216. The summed E-state index contributed by atoms with van der Waals surface area (Å²) >= 11 is 0. The van der Waals surface area contributed by atoms with Gasteiger partial charge in [0, 0.05) is 17.5 Å². The number of nitrogens with zero attached hydrogens (tertiary/aromatic N) is 2. The largest absolute Gasteiger partial charge is 0.350 e. The van der Waals surface area contributed by atoms with Gasteiger partial charge in [-0.1, -0.05) is 18.2 Å². The molecule has 2 rings (SSSR count). The lowest BCUT2D eigenvalue weighted by atomic mass is 10.1. The van der Waals surface area contributed by atoms with Crippen LogP contribution in [0.2, 0.25) is 0 Å². The number of aromatic amines is 1. The highest BCUT2D eigenvalue weighted by Crippen LogP contribution is 2.16. The Balaban J connectivity index is 2.17. The molecule has 2 aromatic rings. The number of aromatic nitrogens is 2. The standard InChI is InChI=1S/C16H22N4O2/c1-5-20(10-13(21)17-16(2,3)4)15(22)14-11-8-6-7-9-12(11)18-19-14/h6-9H,5,10H2,1-4H3,(H,17,21)(H,18,19). The highest BCUT2D eigenvalue weighted by atomic mass is 16.2. The van der Waals surface area contributed by atoms with Gasteiger partial charge in [-0.2, -0.15) is 5.10 Å².